The van der Waals surface area contributed by atoms with Crippen LogP contribution in [0.4, 0.5) is 10.1 Å². The molecule has 3 fully saturated rings. The second-order valence-electron chi connectivity index (χ2n) is 11.8. The van der Waals surface area contributed by atoms with E-state index in [0.29, 0.717) is 15.6 Å². The van der Waals surface area contributed by atoms with Gasteiger partial charge in [0.15, 0.2) is 0 Å². The number of fused-ring (bicyclic) bond motifs is 4. The molecule has 0 aromatic heterocycles. The minimum atomic E-state index is -1.39. The number of hydrogen-bond acceptors (Lipinski definition) is 6. The summed E-state index contributed by atoms with van der Waals surface area (Å²) in [4.78, 5) is 68.8. The summed E-state index contributed by atoms with van der Waals surface area (Å²) in [6.07, 6.45) is 2.12. The van der Waals surface area contributed by atoms with E-state index in [1.54, 1.807) is 19.1 Å². The van der Waals surface area contributed by atoms with Gasteiger partial charge < -0.3 is 10.2 Å². The predicted octanol–water partition coefficient (Wildman–Crippen LogP) is 5.04. The van der Waals surface area contributed by atoms with Crippen LogP contribution in [-0.4, -0.2) is 51.3 Å². The second kappa shape index (κ2) is 10.6. The van der Waals surface area contributed by atoms with Crippen LogP contribution in [-0.2, 0) is 24.0 Å². The number of anilines is 1. The normalized spacial score (nSPS) is 29.9. The van der Waals surface area contributed by atoms with Crippen molar-refractivity contribution in [2.45, 2.75) is 38.5 Å². The number of aromatic hydroxyl groups is 1. The number of hydrogen-bond donors (Lipinski definition) is 2. The Morgan fingerprint density at radius 1 is 1.09 bits per heavy atom. The third kappa shape index (κ3) is 4.42. The first-order valence-corrected chi connectivity index (χ1v) is 15.1. The highest BCUT2D eigenvalue weighted by atomic mass is 79.9. The number of nitrogens with zero attached hydrogens (tertiary/aromatic N) is 2. The van der Waals surface area contributed by atoms with Crippen molar-refractivity contribution >= 4 is 62.8 Å². The van der Waals surface area contributed by atoms with Crippen LogP contribution in [0.1, 0.15) is 44.1 Å². The van der Waals surface area contributed by atoms with E-state index in [-0.39, 0.29) is 54.6 Å². The first kappa shape index (κ1) is 29.5. The van der Waals surface area contributed by atoms with Crippen LogP contribution < -0.4 is 4.90 Å². The average Bonchev–Trinajstić information content (AvgIpc) is 3.31. The average molecular weight is 674 g/mol. The molecule has 2 N–H and O–H groups in total. The summed E-state index contributed by atoms with van der Waals surface area (Å²) in [6.45, 7) is 1.66. The first-order valence-electron chi connectivity index (χ1n) is 13.9. The van der Waals surface area contributed by atoms with Gasteiger partial charge in [0.1, 0.15) is 11.6 Å². The van der Waals surface area contributed by atoms with Crippen molar-refractivity contribution in [1.29, 1.82) is 0 Å². The Kier molecular flexibility index (Phi) is 7.24. The SMILES string of the molecule is C[C@@]12C(=O)N(c3ccc(F)c(Cl)c3)C(=O)[C@@H]1C[C@@H]1C(=CC[C@@H]3C(=O)N(CCCC(=O)O)C(=O)[C@@H]31)[C@@H]2c1cc(Br)ccc1O. The van der Waals surface area contributed by atoms with E-state index in [0.717, 1.165) is 15.9 Å². The number of benzene rings is 2. The van der Waals surface area contributed by atoms with Gasteiger partial charge in [-0.25, -0.2) is 9.29 Å². The summed E-state index contributed by atoms with van der Waals surface area (Å²) in [7, 11) is 0. The van der Waals surface area contributed by atoms with E-state index in [9.17, 15) is 33.5 Å². The lowest BCUT2D eigenvalue weighted by atomic mass is 9.51. The first-order chi connectivity index (χ1) is 20.4. The zero-order valence-corrected chi connectivity index (χ0v) is 25.3. The molecule has 2 saturated heterocycles. The topological polar surface area (TPSA) is 132 Å². The molecule has 2 aliphatic heterocycles. The number of halogens is 3. The summed E-state index contributed by atoms with van der Waals surface area (Å²) >= 11 is 9.46. The number of likely N-dealkylation sites (tertiary alicyclic amines) is 1. The number of carboxylic acid groups (broad SMARTS) is 1. The second-order valence-corrected chi connectivity index (χ2v) is 13.1. The molecule has 2 heterocycles. The fraction of sp³-hybridized carbons (Fsp3) is 0.387. The molecule has 12 heteroatoms. The molecule has 2 aromatic carbocycles. The van der Waals surface area contributed by atoms with Crippen LogP contribution in [0.3, 0.4) is 0 Å². The fourth-order valence-electron chi connectivity index (χ4n) is 7.66. The summed E-state index contributed by atoms with van der Waals surface area (Å²) < 4.78 is 14.6. The Morgan fingerprint density at radius 2 is 1.84 bits per heavy atom. The van der Waals surface area contributed by atoms with Gasteiger partial charge in [0.25, 0.3) is 0 Å². The smallest absolute Gasteiger partial charge is 0.303 e. The minimum absolute atomic E-state index is 0.0213. The maximum absolute atomic E-state index is 14.4. The van der Waals surface area contributed by atoms with Crippen LogP contribution in [0.25, 0.3) is 0 Å². The van der Waals surface area contributed by atoms with Gasteiger partial charge in [-0.3, -0.25) is 28.9 Å². The maximum atomic E-state index is 14.4. The number of allylic oxidation sites excluding steroid dienone is 2. The van der Waals surface area contributed by atoms with E-state index in [1.807, 2.05) is 6.08 Å². The molecular formula is C31H27BrClFN2O7. The number of aliphatic carboxylic acids is 1. The zero-order valence-electron chi connectivity index (χ0n) is 22.9. The number of carbonyl (C=O) groups excluding carboxylic acids is 4. The summed E-state index contributed by atoms with van der Waals surface area (Å²) in [5, 5.41) is 19.9. The minimum Gasteiger partial charge on any atom is -0.508 e. The molecule has 0 bridgehead atoms. The van der Waals surface area contributed by atoms with E-state index in [1.165, 1.54) is 18.2 Å². The van der Waals surface area contributed by atoms with E-state index in [4.69, 9.17) is 16.7 Å². The summed E-state index contributed by atoms with van der Waals surface area (Å²) in [5.41, 5.74) is -0.188. The number of imide groups is 2. The van der Waals surface area contributed by atoms with Crippen LogP contribution in [0.5, 0.6) is 5.75 Å². The Labute approximate surface area is 259 Å². The standard InChI is InChI=1S/C31H27BrClFN2O7/c1-31-20(28(41)36(30(31)43)15-5-8-22(34)21(33)12-15)13-18-16(26(31)19-11-14(32)4-9-23(19)37)6-7-17-25(18)29(42)35(27(17)40)10-2-3-24(38)39/h4-6,8-9,11-12,17-18,20,25-26,37H,2-3,7,10,13H2,1H3,(H,38,39)/t17-,18+,20-,25-,26+,31+/m0/s1. The maximum Gasteiger partial charge on any atom is 0.303 e. The Morgan fingerprint density at radius 3 is 2.53 bits per heavy atom. The van der Waals surface area contributed by atoms with Crippen LogP contribution in [0.15, 0.2) is 52.5 Å². The van der Waals surface area contributed by atoms with Crippen molar-refractivity contribution in [3.05, 3.63) is 68.9 Å². The van der Waals surface area contributed by atoms with Crippen molar-refractivity contribution in [3.63, 3.8) is 0 Å². The number of carboxylic acids is 1. The quantitative estimate of drug-likeness (QED) is 0.324. The Hall–Kier alpha value is -3.57. The molecule has 0 radical (unpaired) electrons. The molecule has 0 unspecified atom stereocenters. The molecule has 4 aliphatic rings. The zero-order chi connectivity index (χ0) is 31.0. The largest absolute Gasteiger partial charge is 0.508 e. The van der Waals surface area contributed by atoms with Crippen LogP contribution in [0, 0.1) is 34.9 Å². The third-order valence-electron chi connectivity index (χ3n) is 9.60. The number of amides is 4. The van der Waals surface area contributed by atoms with E-state index < -0.39 is 64.5 Å². The van der Waals surface area contributed by atoms with Crippen LogP contribution in [0.2, 0.25) is 5.02 Å². The van der Waals surface area contributed by atoms with Crippen molar-refractivity contribution in [2.24, 2.45) is 29.1 Å². The van der Waals surface area contributed by atoms with Crippen molar-refractivity contribution in [1.82, 2.24) is 4.90 Å². The van der Waals surface area contributed by atoms with Gasteiger partial charge in [-0.1, -0.05) is 39.2 Å². The van der Waals surface area contributed by atoms with Crippen molar-refractivity contribution < 1.29 is 38.6 Å². The fourth-order valence-corrected chi connectivity index (χ4v) is 8.21. The van der Waals surface area contributed by atoms with E-state index >= 15 is 0 Å². The van der Waals surface area contributed by atoms with Crippen LogP contribution >= 0.6 is 27.5 Å². The highest BCUT2D eigenvalue weighted by molar-refractivity contribution is 9.10. The number of rotatable bonds is 6. The molecule has 6 rings (SSSR count). The molecule has 1 saturated carbocycles. The van der Waals surface area contributed by atoms with Crippen molar-refractivity contribution in [3.8, 4) is 5.75 Å². The highest BCUT2D eigenvalue weighted by Crippen LogP contribution is 2.64. The molecule has 43 heavy (non-hydrogen) atoms. The molecule has 0 spiro atoms. The van der Waals surface area contributed by atoms with Gasteiger partial charge in [-0.2, -0.15) is 0 Å². The molecule has 224 valence electrons. The van der Waals surface area contributed by atoms with Gasteiger partial charge in [-0.05, 0) is 68.5 Å². The monoisotopic (exact) mass is 672 g/mol. The number of phenols is 1. The Bertz CT molecular complexity index is 1650. The molecule has 2 aliphatic carbocycles. The Balaban J connectivity index is 1.47. The summed E-state index contributed by atoms with van der Waals surface area (Å²) in [5.74, 6) is -7.51. The molecule has 2 aromatic rings. The lowest BCUT2D eigenvalue weighted by Crippen LogP contribution is -2.48. The van der Waals surface area contributed by atoms with Gasteiger partial charge in [0, 0.05) is 28.9 Å². The lowest BCUT2D eigenvalue weighted by Gasteiger charge is -2.49. The lowest BCUT2D eigenvalue weighted by molar-refractivity contribution is -0.142. The number of phenolic OH excluding ortho intramolecular Hbond substituents is 1. The van der Waals surface area contributed by atoms with E-state index in [2.05, 4.69) is 15.9 Å². The van der Waals surface area contributed by atoms with Gasteiger partial charge in [-0.15, -0.1) is 0 Å². The molecule has 9 nitrogen and oxygen atoms in total. The molecule has 4 amide bonds. The van der Waals surface area contributed by atoms with Gasteiger partial charge in [0.2, 0.25) is 23.6 Å². The van der Waals surface area contributed by atoms with Gasteiger partial charge >= 0.3 is 5.97 Å². The van der Waals surface area contributed by atoms with Crippen molar-refractivity contribution in [2.75, 3.05) is 11.4 Å². The third-order valence-corrected chi connectivity index (χ3v) is 10.4. The predicted molar refractivity (Wildman–Crippen MR) is 155 cm³/mol. The highest BCUT2D eigenvalue weighted by Gasteiger charge is 2.67. The summed E-state index contributed by atoms with van der Waals surface area (Å²) in [6, 6.07) is 8.42. The molecular weight excluding hydrogens is 647 g/mol. The van der Waals surface area contributed by atoms with Gasteiger partial charge in [0.05, 0.1) is 33.9 Å². The molecule has 6 atom stereocenters. The number of carbonyl (C=O) groups is 5.